The number of hydrogen-bond acceptors (Lipinski definition) is 5. The Kier molecular flexibility index (Phi) is 6.79. The summed E-state index contributed by atoms with van der Waals surface area (Å²) in [5.74, 6) is 0.603. The molecule has 0 saturated heterocycles. The van der Waals surface area contributed by atoms with Crippen molar-refractivity contribution in [2.24, 2.45) is 0 Å². The Morgan fingerprint density at radius 2 is 0.852 bits per heavy atom. The molecule has 254 valence electrons. The SMILES string of the molecule is c1ccc(-c2ccc(N(c3ccc(-c4ccc5c(c4)oc4cc6nc(-c7ccccc7)oc6cc45)cc3)c3ccc4oc5ccccc5c4c3)cc2)cc1. The highest BCUT2D eigenvalue weighted by Crippen LogP contribution is 2.41. The zero-order valence-corrected chi connectivity index (χ0v) is 28.9. The molecule has 0 N–H and O–H groups in total. The predicted molar refractivity (Wildman–Crippen MR) is 220 cm³/mol. The zero-order chi connectivity index (χ0) is 35.6. The van der Waals surface area contributed by atoms with Gasteiger partial charge in [-0.1, -0.05) is 97.1 Å². The van der Waals surface area contributed by atoms with Gasteiger partial charge >= 0.3 is 0 Å². The van der Waals surface area contributed by atoms with Crippen LogP contribution in [0.25, 0.3) is 88.7 Å². The molecule has 3 heterocycles. The van der Waals surface area contributed by atoms with Gasteiger partial charge in [-0.05, 0) is 101 Å². The lowest BCUT2D eigenvalue weighted by atomic mass is 10.0. The number of rotatable bonds is 6. The molecule has 8 aromatic carbocycles. The third kappa shape index (κ3) is 5.06. The number of nitrogens with zero attached hydrogens (tertiary/aromatic N) is 2. The summed E-state index contributed by atoms with van der Waals surface area (Å²) in [7, 11) is 0. The van der Waals surface area contributed by atoms with E-state index in [2.05, 4.69) is 126 Å². The smallest absolute Gasteiger partial charge is 0.227 e. The third-order valence-electron chi connectivity index (χ3n) is 10.3. The van der Waals surface area contributed by atoms with Gasteiger partial charge in [0, 0.05) is 50.2 Å². The number of oxazole rings is 1. The maximum absolute atomic E-state index is 6.42. The first kappa shape index (κ1) is 30.3. The Bertz CT molecular complexity index is 3140. The van der Waals surface area contributed by atoms with Crippen LogP contribution in [0.5, 0.6) is 0 Å². The van der Waals surface area contributed by atoms with Gasteiger partial charge in [-0.3, -0.25) is 0 Å². The van der Waals surface area contributed by atoms with Crippen LogP contribution in [-0.4, -0.2) is 4.98 Å². The van der Waals surface area contributed by atoms with E-state index in [0.717, 1.165) is 88.7 Å². The van der Waals surface area contributed by atoms with E-state index in [-0.39, 0.29) is 0 Å². The lowest BCUT2D eigenvalue weighted by molar-refractivity contribution is 0.620. The van der Waals surface area contributed by atoms with Gasteiger partial charge in [-0.25, -0.2) is 4.98 Å². The molecule has 3 aromatic heterocycles. The van der Waals surface area contributed by atoms with Crippen LogP contribution in [0.4, 0.5) is 17.1 Å². The van der Waals surface area contributed by atoms with Gasteiger partial charge in [-0.15, -0.1) is 0 Å². The largest absolute Gasteiger partial charge is 0.456 e. The maximum Gasteiger partial charge on any atom is 0.227 e. The van der Waals surface area contributed by atoms with Crippen LogP contribution >= 0.6 is 0 Å². The Balaban J connectivity index is 0.964. The standard InChI is InChI=1S/C49H30N2O3/c1-3-9-31(10-4-1)32-15-20-36(21-16-32)51(38-24-26-45-41(28-38)39-13-7-8-14-44(39)52-45)37-22-17-33(18-23-37)35-19-25-40-42-29-48-43(30-47(42)53-46(40)27-35)50-49(54-48)34-11-5-2-6-12-34/h1-30H. The van der Waals surface area contributed by atoms with E-state index < -0.39 is 0 Å². The molecule has 0 aliphatic heterocycles. The van der Waals surface area contributed by atoms with Crippen LogP contribution in [0.3, 0.4) is 0 Å². The van der Waals surface area contributed by atoms with Crippen molar-refractivity contribution in [1.29, 1.82) is 0 Å². The fraction of sp³-hybridized carbons (Fsp3) is 0. The summed E-state index contributed by atoms with van der Waals surface area (Å²) in [5, 5.41) is 4.24. The highest BCUT2D eigenvalue weighted by Gasteiger charge is 2.18. The minimum Gasteiger partial charge on any atom is -0.456 e. The average molecular weight is 695 g/mol. The molecule has 11 aromatic rings. The first-order valence-electron chi connectivity index (χ1n) is 18.0. The first-order chi connectivity index (χ1) is 26.7. The van der Waals surface area contributed by atoms with E-state index in [9.17, 15) is 0 Å². The Labute approximate surface area is 309 Å². The number of furan rings is 2. The topological polar surface area (TPSA) is 55.6 Å². The summed E-state index contributed by atoms with van der Waals surface area (Å²) in [4.78, 5) is 7.04. The molecule has 0 atom stereocenters. The molecule has 5 heteroatoms. The first-order valence-corrected chi connectivity index (χ1v) is 18.0. The minimum atomic E-state index is 0.603. The van der Waals surface area contributed by atoms with E-state index in [1.807, 2.05) is 60.7 Å². The molecule has 5 nitrogen and oxygen atoms in total. The summed E-state index contributed by atoms with van der Waals surface area (Å²) < 4.78 is 18.8. The van der Waals surface area contributed by atoms with Gasteiger partial charge in [0.2, 0.25) is 5.89 Å². The van der Waals surface area contributed by atoms with Crippen LogP contribution in [0.1, 0.15) is 0 Å². The summed E-state index contributed by atoms with van der Waals surface area (Å²) in [6.07, 6.45) is 0. The van der Waals surface area contributed by atoms with E-state index in [1.165, 1.54) is 11.1 Å². The van der Waals surface area contributed by atoms with Gasteiger partial charge in [0.25, 0.3) is 0 Å². The maximum atomic E-state index is 6.42. The third-order valence-corrected chi connectivity index (χ3v) is 10.3. The van der Waals surface area contributed by atoms with Gasteiger partial charge < -0.3 is 18.2 Å². The number of fused-ring (bicyclic) bond motifs is 7. The number of hydrogen-bond donors (Lipinski definition) is 0. The Morgan fingerprint density at radius 3 is 1.61 bits per heavy atom. The number of benzene rings is 8. The van der Waals surface area contributed by atoms with Crippen LogP contribution in [0.2, 0.25) is 0 Å². The van der Waals surface area contributed by atoms with Crippen molar-refractivity contribution in [3.63, 3.8) is 0 Å². The van der Waals surface area contributed by atoms with Crippen LogP contribution in [0, 0.1) is 0 Å². The monoisotopic (exact) mass is 694 g/mol. The number of anilines is 3. The van der Waals surface area contributed by atoms with Crippen molar-refractivity contribution in [2.45, 2.75) is 0 Å². The highest BCUT2D eigenvalue weighted by molar-refractivity contribution is 6.10. The van der Waals surface area contributed by atoms with Crippen LogP contribution < -0.4 is 4.90 Å². The van der Waals surface area contributed by atoms with Crippen molar-refractivity contribution in [3.8, 4) is 33.7 Å². The van der Waals surface area contributed by atoms with Crippen molar-refractivity contribution >= 4 is 72.0 Å². The van der Waals surface area contributed by atoms with Gasteiger partial charge in [0.05, 0.1) is 0 Å². The quantitative estimate of drug-likeness (QED) is 0.173. The lowest BCUT2D eigenvalue weighted by Gasteiger charge is -2.26. The van der Waals surface area contributed by atoms with E-state index >= 15 is 0 Å². The zero-order valence-electron chi connectivity index (χ0n) is 28.9. The molecule has 0 saturated carbocycles. The average Bonchev–Trinajstić information content (AvgIpc) is 3.93. The fourth-order valence-electron chi connectivity index (χ4n) is 7.62. The van der Waals surface area contributed by atoms with Crippen molar-refractivity contribution in [2.75, 3.05) is 4.90 Å². The number of aromatic nitrogens is 1. The number of para-hydroxylation sites is 1. The molecular formula is C49H30N2O3. The summed E-state index contributed by atoms with van der Waals surface area (Å²) in [6, 6.07) is 63.0. The highest BCUT2D eigenvalue weighted by atomic mass is 16.4. The molecule has 0 amide bonds. The molecule has 0 aliphatic rings. The van der Waals surface area contributed by atoms with Gasteiger partial charge in [-0.2, -0.15) is 0 Å². The lowest BCUT2D eigenvalue weighted by Crippen LogP contribution is -2.09. The van der Waals surface area contributed by atoms with Crippen molar-refractivity contribution in [3.05, 3.63) is 182 Å². The predicted octanol–water partition coefficient (Wildman–Crippen LogP) is 14.1. The van der Waals surface area contributed by atoms with Crippen LogP contribution in [-0.2, 0) is 0 Å². The van der Waals surface area contributed by atoms with Crippen LogP contribution in [0.15, 0.2) is 195 Å². The molecule has 0 fully saturated rings. The Morgan fingerprint density at radius 1 is 0.315 bits per heavy atom. The van der Waals surface area contributed by atoms with E-state index in [0.29, 0.717) is 5.89 Å². The van der Waals surface area contributed by atoms with Gasteiger partial charge in [0.1, 0.15) is 27.8 Å². The minimum absolute atomic E-state index is 0.603. The van der Waals surface area contributed by atoms with E-state index in [1.54, 1.807) is 0 Å². The fourth-order valence-corrected chi connectivity index (χ4v) is 7.62. The second-order valence-electron chi connectivity index (χ2n) is 13.6. The molecule has 54 heavy (non-hydrogen) atoms. The molecule has 11 rings (SSSR count). The molecule has 0 bridgehead atoms. The summed E-state index contributed by atoms with van der Waals surface area (Å²) in [5.41, 5.74) is 13.5. The normalized spacial score (nSPS) is 11.7. The molecule has 0 spiro atoms. The summed E-state index contributed by atoms with van der Waals surface area (Å²) in [6.45, 7) is 0. The van der Waals surface area contributed by atoms with Crippen molar-refractivity contribution in [1.82, 2.24) is 4.98 Å². The molecule has 0 radical (unpaired) electrons. The second-order valence-corrected chi connectivity index (χ2v) is 13.6. The molecule has 0 aliphatic carbocycles. The summed E-state index contributed by atoms with van der Waals surface area (Å²) >= 11 is 0. The van der Waals surface area contributed by atoms with Gasteiger partial charge in [0.15, 0.2) is 5.58 Å². The van der Waals surface area contributed by atoms with Crippen molar-refractivity contribution < 1.29 is 13.3 Å². The second kappa shape index (κ2) is 12.1. The molecular weight excluding hydrogens is 665 g/mol. The Hall–Kier alpha value is -7.37. The van der Waals surface area contributed by atoms with E-state index in [4.69, 9.17) is 18.2 Å². The molecule has 0 unspecified atom stereocenters.